The van der Waals surface area contributed by atoms with E-state index in [-0.39, 0.29) is 18.7 Å². The number of nitrogens with two attached hydrogens (primary N) is 1. The van der Waals surface area contributed by atoms with Crippen molar-refractivity contribution in [1.82, 2.24) is 5.32 Å². The lowest BCUT2D eigenvalue weighted by molar-refractivity contribution is -0.125. The maximum atomic E-state index is 13.5. The molecule has 0 fully saturated rings. The van der Waals surface area contributed by atoms with Crippen LogP contribution in [0.2, 0.25) is 0 Å². The van der Waals surface area contributed by atoms with Crippen molar-refractivity contribution >= 4 is 5.91 Å². The predicted octanol–water partition coefficient (Wildman–Crippen LogP) is -0.367. The molecular weight excluding hydrogens is 225 g/mol. The van der Waals surface area contributed by atoms with Gasteiger partial charge in [-0.3, -0.25) is 4.79 Å². The van der Waals surface area contributed by atoms with Crippen LogP contribution in [0, 0.1) is 17.1 Å². The minimum atomic E-state index is -1.31. The van der Waals surface area contributed by atoms with Gasteiger partial charge < -0.3 is 16.2 Å². The van der Waals surface area contributed by atoms with Crippen molar-refractivity contribution in [2.24, 2.45) is 5.73 Å². The number of amides is 1. The molecule has 1 aromatic rings. The van der Waals surface area contributed by atoms with Crippen LogP contribution < -0.4 is 11.1 Å². The van der Waals surface area contributed by atoms with E-state index in [2.05, 4.69) is 5.32 Å². The average Bonchev–Trinajstić information content (AvgIpc) is 2.31. The molecule has 0 aliphatic rings. The molecule has 90 valence electrons. The Morgan fingerprint density at radius 1 is 1.65 bits per heavy atom. The fraction of sp³-hybridized carbons (Fsp3) is 0.273. The minimum absolute atomic E-state index is 0.0419. The van der Waals surface area contributed by atoms with E-state index in [0.29, 0.717) is 5.56 Å². The lowest BCUT2D eigenvalue weighted by Gasteiger charge is -2.09. The Kier molecular flexibility index (Phi) is 4.57. The first kappa shape index (κ1) is 13.1. The molecule has 1 amide bonds. The van der Waals surface area contributed by atoms with Gasteiger partial charge >= 0.3 is 0 Å². The Labute approximate surface area is 97.7 Å². The van der Waals surface area contributed by atoms with Gasteiger partial charge in [0.2, 0.25) is 5.91 Å². The molecule has 0 radical (unpaired) electrons. The topological polar surface area (TPSA) is 99.1 Å². The highest BCUT2D eigenvalue weighted by atomic mass is 19.1. The van der Waals surface area contributed by atoms with Crippen molar-refractivity contribution < 1.29 is 14.3 Å². The summed E-state index contributed by atoms with van der Waals surface area (Å²) in [5.41, 5.74) is 5.10. The number of carbonyl (C=O) groups is 1. The van der Waals surface area contributed by atoms with E-state index in [1.165, 1.54) is 12.1 Å². The molecule has 1 atom stereocenters. The summed E-state index contributed by atoms with van der Waals surface area (Å²) in [6.45, 7) is 0.0389. The summed E-state index contributed by atoms with van der Waals surface area (Å²) in [5, 5.41) is 20.4. The van der Waals surface area contributed by atoms with Crippen LogP contribution in [0.1, 0.15) is 11.1 Å². The van der Waals surface area contributed by atoms with Crippen molar-refractivity contribution in [3.8, 4) is 6.07 Å². The number of carbonyl (C=O) groups excluding carboxylic acids is 1. The van der Waals surface area contributed by atoms with E-state index in [4.69, 9.17) is 16.1 Å². The van der Waals surface area contributed by atoms with Crippen molar-refractivity contribution in [3.05, 3.63) is 35.1 Å². The molecule has 0 saturated heterocycles. The number of nitrogens with one attached hydrogen (secondary N) is 1. The molecule has 0 bridgehead atoms. The molecular formula is C11H12FN3O2. The highest BCUT2D eigenvalue weighted by molar-refractivity contribution is 5.78. The van der Waals surface area contributed by atoms with Crippen molar-refractivity contribution in [2.75, 3.05) is 6.54 Å². The molecule has 4 N–H and O–H groups in total. The standard InChI is InChI=1S/C11H12FN3O2/c12-10-7(4-13)2-1-3-8(10)5-15-6-9(16)11(14)17/h1-3,9,15-16H,5-6H2,(H2,14,17). The molecule has 0 aliphatic heterocycles. The number of nitriles is 1. The van der Waals surface area contributed by atoms with Gasteiger partial charge in [-0.1, -0.05) is 12.1 Å². The summed E-state index contributed by atoms with van der Waals surface area (Å²) >= 11 is 0. The number of hydrogen-bond acceptors (Lipinski definition) is 4. The van der Waals surface area contributed by atoms with Crippen LogP contribution in [-0.2, 0) is 11.3 Å². The maximum absolute atomic E-state index is 13.5. The van der Waals surface area contributed by atoms with Gasteiger partial charge in [-0.05, 0) is 6.07 Å². The summed E-state index contributed by atoms with van der Waals surface area (Å²) in [6, 6.07) is 6.17. The SMILES string of the molecule is N#Cc1cccc(CNCC(O)C(N)=O)c1F. The third kappa shape index (κ3) is 3.52. The Morgan fingerprint density at radius 2 is 2.35 bits per heavy atom. The normalized spacial score (nSPS) is 11.8. The van der Waals surface area contributed by atoms with Crippen molar-refractivity contribution in [3.63, 3.8) is 0 Å². The smallest absolute Gasteiger partial charge is 0.247 e. The molecule has 0 heterocycles. The van der Waals surface area contributed by atoms with Gasteiger partial charge in [0.05, 0.1) is 5.56 Å². The van der Waals surface area contributed by atoms with Crippen LogP contribution in [0.25, 0.3) is 0 Å². The molecule has 1 aromatic carbocycles. The monoisotopic (exact) mass is 237 g/mol. The van der Waals surface area contributed by atoms with Crippen LogP contribution >= 0.6 is 0 Å². The zero-order valence-electron chi connectivity index (χ0n) is 8.98. The van der Waals surface area contributed by atoms with E-state index < -0.39 is 17.8 Å². The molecule has 0 aliphatic carbocycles. The number of nitrogens with zero attached hydrogens (tertiary/aromatic N) is 1. The quantitative estimate of drug-likeness (QED) is 0.650. The Morgan fingerprint density at radius 3 is 2.94 bits per heavy atom. The lowest BCUT2D eigenvalue weighted by Crippen LogP contribution is -2.37. The number of halogens is 1. The maximum Gasteiger partial charge on any atom is 0.247 e. The van der Waals surface area contributed by atoms with Crippen LogP contribution in [0.15, 0.2) is 18.2 Å². The highest BCUT2D eigenvalue weighted by Crippen LogP contribution is 2.11. The van der Waals surface area contributed by atoms with Gasteiger partial charge in [0.1, 0.15) is 18.0 Å². The summed E-state index contributed by atoms with van der Waals surface area (Å²) in [7, 11) is 0. The molecule has 1 rings (SSSR count). The third-order valence-corrected chi connectivity index (χ3v) is 2.18. The number of aliphatic hydroxyl groups is 1. The molecule has 5 nitrogen and oxygen atoms in total. The van der Waals surface area contributed by atoms with E-state index in [9.17, 15) is 9.18 Å². The Balaban J connectivity index is 2.59. The van der Waals surface area contributed by atoms with Gasteiger partial charge in [0, 0.05) is 18.7 Å². The van der Waals surface area contributed by atoms with Crippen LogP contribution in [0.5, 0.6) is 0 Å². The fourth-order valence-corrected chi connectivity index (χ4v) is 1.25. The van der Waals surface area contributed by atoms with Crippen LogP contribution in [0.4, 0.5) is 4.39 Å². The minimum Gasteiger partial charge on any atom is -0.382 e. The number of hydrogen-bond donors (Lipinski definition) is 3. The largest absolute Gasteiger partial charge is 0.382 e. The number of aliphatic hydroxyl groups excluding tert-OH is 1. The van der Waals surface area contributed by atoms with Gasteiger partial charge in [-0.2, -0.15) is 5.26 Å². The molecule has 0 aromatic heterocycles. The fourth-order valence-electron chi connectivity index (χ4n) is 1.25. The summed E-state index contributed by atoms with van der Waals surface area (Å²) in [6.07, 6.45) is -1.31. The molecule has 0 spiro atoms. The second-order valence-electron chi connectivity index (χ2n) is 3.44. The Hall–Kier alpha value is -1.97. The summed E-state index contributed by atoms with van der Waals surface area (Å²) < 4.78 is 13.5. The second-order valence-corrected chi connectivity index (χ2v) is 3.44. The van der Waals surface area contributed by atoms with Gasteiger partial charge in [0.15, 0.2) is 0 Å². The molecule has 17 heavy (non-hydrogen) atoms. The molecule has 1 unspecified atom stereocenters. The average molecular weight is 237 g/mol. The van der Waals surface area contributed by atoms with E-state index >= 15 is 0 Å². The zero-order valence-corrected chi connectivity index (χ0v) is 8.98. The zero-order chi connectivity index (χ0) is 12.8. The number of benzene rings is 1. The van der Waals surface area contributed by atoms with Crippen LogP contribution in [-0.4, -0.2) is 23.7 Å². The van der Waals surface area contributed by atoms with Crippen LogP contribution in [0.3, 0.4) is 0 Å². The lowest BCUT2D eigenvalue weighted by atomic mass is 10.1. The summed E-state index contributed by atoms with van der Waals surface area (Å²) in [4.78, 5) is 10.5. The molecule has 6 heteroatoms. The van der Waals surface area contributed by atoms with Crippen molar-refractivity contribution in [1.29, 1.82) is 5.26 Å². The summed E-state index contributed by atoms with van der Waals surface area (Å²) in [5.74, 6) is -1.44. The van der Waals surface area contributed by atoms with E-state index in [1.54, 1.807) is 12.1 Å². The number of primary amides is 1. The van der Waals surface area contributed by atoms with Gasteiger partial charge in [-0.15, -0.1) is 0 Å². The Bertz CT molecular complexity index is 457. The highest BCUT2D eigenvalue weighted by Gasteiger charge is 2.11. The molecule has 0 saturated carbocycles. The van der Waals surface area contributed by atoms with E-state index in [0.717, 1.165) is 0 Å². The third-order valence-electron chi connectivity index (χ3n) is 2.18. The predicted molar refractivity (Wildman–Crippen MR) is 58.0 cm³/mol. The first-order valence-electron chi connectivity index (χ1n) is 4.92. The first-order valence-corrected chi connectivity index (χ1v) is 4.92. The van der Waals surface area contributed by atoms with E-state index in [1.807, 2.05) is 0 Å². The van der Waals surface area contributed by atoms with Gasteiger partial charge in [-0.25, -0.2) is 4.39 Å². The first-order chi connectivity index (χ1) is 8.06. The van der Waals surface area contributed by atoms with Gasteiger partial charge in [0.25, 0.3) is 0 Å². The second kappa shape index (κ2) is 5.94. The number of rotatable bonds is 5. The van der Waals surface area contributed by atoms with Crippen molar-refractivity contribution in [2.45, 2.75) is 12.6 Å².